The maximum Gasteiger partial charge on any atom is 0.352 e. The number of halogens is 3. The molecule has 0 aliphatic carbocycles. The molecule has 1 N–H and O–H groups in total. The van der Waals surface area contributed by atoms with Gasteiger partial charge in [-0.15, -0.1) is 0 Å². The van der Waals surface area contributed by atoms with E-state index in [4.69, 9.17) is 0 Å². The van der Waals surface area contributed by atoms with Gasteiger partial charge in [-0.25, -0.2) is 18.0 Å². The van der Waals surface area contributed by atoms with Gasteiger partial charge in [0.25, 0.3) is 11.5 Å². The molecular formula is C24H17F3N4O3. The molecule has 4 aromatic rings. The van der Waals surface area contributed by atoms with Crippen LogP contribution in [-0.2, 0) is 13.1 Å². The zero-order valence-electron chi connectivity index (χ0n) is 17.5. The number of nitrogens with zero attached hydrogens (tertiary/aromatic N) is 3. The first-order valence-electron chi connectivity index (χ1n) is 10.1. The molecule has 0 bridgehead atoms. The van der Waals surface area contributed by atoms with E-state index in [0.717, 1.165) is 22.8 Å². The number of carbonyl (C=O) groups is 1. The lowest BCUT2D eigenvalue weighted by Crippen LogP contribution is -2.46. The number of aromatic nitrogens is 3. The lowest BCUT2D eigenvalue weighted by Gasteiger charge is -2.13. The molecule has 1 amide bonds. The topological polar surface area (TPSA) is 86.0 Å². The summed E-state index contributed by atoms with van der Waals surface area (Å²) in [5.74, 6) is -2.65. The van der Waals surface area contributed by atoms with E-state index in [-0.39, 0.29) is 18.8 Å². The van der Waals surface area contributed by atoms with Crippen LogP contribution in [0.4, 0.5) is 13.2 Å². The summed E-state index contributed by atoms with van der Waals surface area (Å²) in [7, 11) is 0. The average Bonchev–Trinajstić information content (AvgIpc) is 2.83. The van der Waals surface area contributed by atoms with E-state index in [9.17, 15) is 27.6 Å². The third-order valence-electron chi connectivity index (χ3n) is 4.98. The van der Waals surface area contributed by atoms with E-state index in [1.807, 2.05) is 0 Å². The molecule has 10 heteroatoms. The zero-order valence-corrected chi connectivity index (χ0v) is 17.5. The highest BCUT2D eigenvalue weighted by Gasteiger charge is 2.21. The molecule has 0 saturated heterocycles. The number of hydrogen-bond acceptors (Lipinski definition) is 4. The minimum atomic E-state index is -1.00. The molecule has 34 heavy (non-hydrogen) atoms. The normalized spacial score (nSPS) is 10.8. The van der Waals surface area contributed by atoms with Crippen LogP contribution in [0.5, 0.6) is 0 Å². The molecule has 0 unspecified atom stereocenters. The molecule has 0 radical (unpaired) electrons. The highest BCUT2D eigenvalue weighted by molar-refractivity contribution is 5.91. The number of rotatable bonds is 6. The van der Waals surface area contributed by atoms with Crippen LogP contribution in [0.15, 0.2) is 82.4 Å². The first kappa shape index (κ1) is 22.7. The first-order valence-corrected chi connectivity index (χ1v) is 10.1. The molecule has 0 fully saturated rings. The Morgan fingerprint density at radius 2 is 1.41 bits per heavy atom. The molecule has 3 aromatic carbocycles. The van der Waals surface area contributed by atoms with Crippen LogP contribution in [0.1, 0.15) is 21.6 Å². The fourth-order valence-electron chi connectivity index (χ4n) is 3.22. The Morgan fingerprint density at radius 3 is 2.03 bits per heavy atom. The van der Waals surface area contributed by atoms with Crippen LogP contribution >= 0.6 is 0 Å². The lowest BCUT2D eigenvalue weighted by molar-refractivity contribution is 0.0941. The van der Waals surface area contributed by atoms with Crippen molar-refractivity contribution in [3.63, 3.8) is 0 Å². The van der Waals surface area contributed by atoms with Gasteiger partial charge >= 0.3 is 5.69 Å². The summed E-state index contributed by atoms with van der Waals surface area (Å²) in [6, 6.07) is 15.7. The van der Waals surface area contributed by atoms with Gasteiger partial charge in [0.1, 0.15) is 23.1 Å². The molecule has 0 spiro atoms. The van der Waals surface area contributed by atoms with E-state index >= 15 is 0 Å². The third kappa shape index (κ3) is 4.80. The molecule has 172 valence electrons. The first-order chi connectivity index (χ1) is 16.3. The number of hydrogen-bond donors (Lipinski definition) is 1. The summed E-state index contributed by atoms with van der Waals surface area (Å²) in [5, 5.41) is 6.34. The highest BCUT2D eigenvalue weighted by Crippen LogP contribution is 2.10. The molecular weight excluding hydrogens is 449 g/mol. The predicted molar refractivity (Wildman–Crippen MR) is 117 cm³/mol. The van der Waals surface area contributed by atoms with E-state index in [1.165, 1.54) is 54.6 Å². The summed E-state index contributed by atoms with van der Waals surface area (Å²) in [6.45, 7) is -0.343. The van der Waals surface area contributed by atoms with Gasteiger partial charge in [-0.2, -0.15) is 9.78 Å². The van der Waals surface area contributed by atoms with Crippen LogP contribution in [0, 0.1) is 17.5 Å². The van der Waals surface area contributed by atoms with E-state index < -0.39 is 40.3 Å². The van der Waals surface area contributed by atoms with Crippen LogP contribution in [0.2, 0.25) is 0 Å². The van der Waals surface area contributed by atoms with E-state index in [0.29, 0.717) is 15.8 Å². The van der Waals surface area contributed by atoms with Crippen molar-refractivity contribution >= 4 is 5.91 Å². The predicted octanol–water partition coefficient (Wildman–Crippen LogP) is 2.79. The molecule has 1 aromatic heterocycles. The monoisotopic (exact) mass is 466 g/mol. The van der Waals surface area contributed by atoms with Crippen molar-refractivity contribution in [2.75, 3.05) is 0 Å². The van der Waals surface area contributed by atoms with Crippen molar-refractivity contribution in [2.24, 2.45) is 0 Å². The molecule has 7 nitrogen and oxygen atoms in total. The highest BCUT2D eigenvalue weighted by atomic mass is 19.1. The van der Waals surface area contributed by atoms with Gasteiger partial charge in [-0.3, -0.25) is 14.2 Å². The number of nitrogens with one attached hydrogen (secondary N) is 1. The second-order valence-corrected chi connectivity index (χ2v) is 7.32. The van der Waals surface area contributed by atoms with Gasteiger partial charge in [0.2, 0.25) is 5.69 Å². The minimum Gasteiger partial charge on any atom is -0.346 e. The van der Waals surface area contributed by atoms with Crippen molar-refractivity contribution < 1.29 is 18.0 Å². The van der Waals surface area contributed by atoms with Gasteiger partial charge in [-0.05, 0) is 47.5 Å². The number of amides is 1. The van der Waals surface area contributed by atoms with Crippen LogP contribution < -0.4 is 16.6 Å². The summed E-state index contributed by atoms with van der Waals surface area (Å²) >= 11 is 0. The molecule has 0 atom stereocenters. The van der Waals surface area contributed by atoms with Crippen LogP contribution in [0.3, 0.4) is 0 Å². The Morgan fingerprint density at radius 1 is 0.824 bits per heavy atom. The SMILES string of the molecule is O=C(NCc1ccc(F)cc1)c1nn(-c2ccccc2F)c(=O)n(Cc2ccc(F)cc2)c1=O. The van der Waals surface area contributed by atoms with Crippen molar-refractivity contribution in [1.82, 2.24) is 19.7 Å². The van der Waals surface area contributed by atoms with Gasteiger partial charge in [-0.1, -0.05) is 36.4 Å². The van der Waals surface area contributed by atoms with Gasteiger partial charge in [0, 0.05) is 6.54 Å². The average molecular weight is 466 g/mol. The zero-order chi connectivity index (χ0) is 24.2. The van der Waals surface area contributed by atoms with Crippen LogP contribution in [0.25, 0.3) is 5.69 Å². The summed E-state index contributed by atoms with van der Waals surface area (Å²) in [6.07, 6.45) is 0. The fourth-order valence-corrected chi connectivity index (χ4v) is 3.22. The molecule has 0 aliphatic rings. The van der Waals surface area contributed by atoms with Gasteiger partial charge in [0.15, 0.2) is 0 Å². The number of carbonyl (C=O) groups excluding carboxylic acids is 1. The van der Waals surface area contributed by atoms with Crippen molar-refractivity contribution in [3.8, 4) is 5.69 Å². The molecule has 0 saturated carbocycles. The third-order valence-corrected chi connectivity index (χ3v) is 4.98. The Labute approximate surface area is 190 Å². The largest absolute Gasteiger partial charge is 0.352 e. The maximum atomic E-state index is 14.4. The molecule has 1 heterocycles. The van der Waals surface area contributed by atoms with Crippen molar-refractivity contribution in [2.45, 2.75) is 13.1 Å². The summed E-state index contributed by atoms with van der Waals surface area (Å²) in [5.41, 5.74) is -1.92. The Hall–Kier alpha value is -4.47. The van der Waals surface area contributed by atoms with E-state index in [2.05, 4.69) is 10.4 Å². The van der Waals surface area contributed by atoms with Crippen molar-refractivity contribution in [3.05, 3.63) is 128 Å². The molecule has 0 aliphatic heterocycles. The van der Waals surface area contributed by atoms with Crippen LogP contribution in [-0.4, -0.2) is 20.3 Å². The fraction of sp³-hybridized carbons (Fsp3) is 0.0833. The summed E-state index contributed by atoms with van der Waals surface area (Å²) in [4.78, 5) is 38.9. The minimum absolute atomic E-state index is 0.0446. The Bertz CT molecular complexity index is 1460. The second kappa shape index (κ2) is 9.57. The Balaban J connectivity index is 1.77. The number of para-hydroxylation sites is 1. The lowest BCUT2D eigenvalue weighted by atomic mass is 10.2. The van der Waals surface area contributed by atoms with Gasteiger partial charge in [0.05, 0.1) is 6.54 Å². The number of benzene rings is 3. The quantitative estimate of drug-likeness (QED) is 0.474. The Kier molecular flexibility index (Phi) is 6.39. The van der Waals surface area contributed by atoms with E-state index in [1.54, 1.807) is 0 Å². The summed E-state index contributed by atoms with van der Waals surface area (Å²) < 4.78 is 42.2. The molecule has 4 rings (SSSR count). The second-order valence-electron chi connectivity index (χ2n) is 7.32. The standard InChI is InChI=1S/C24H17F3N4O3/c25-17-9-5-15(6-10-17)13-28-22(32)21-23(33)30(14-16-7-11-18(26)12-8-16)24(34)31(29-21)20-4-2-1-3-19(20)27/h1-12H,13-14H2,(H,28,32). The van der Waals surface area contributed by atoms with Gasteiger partial charge < -0.3 is 5.32 Å². The smallest absolute Gasteiger partial charge is 0.346 e. The maximum absolute atomic E-state index is 14.4. The van der Waals surface area contributed by atoms with Crippen molar-refractivity contribution in [1.29, 1.82) is 0 Å².